The topological polar surface area (TPSA) is 49.4 Å². The van der Waals surface area contributed by atoms with Gasteiger partial charge in [0.1, 0.15) is 5.82 Å². The molecule has 0 spiro atoms. The van der Waals surface area contributed by atoms with Crippen molar-refractivity contribution in [3.05, 3.63) is 59.9 Å². The normalized spacial score (nSPS) is 18.1. The Morgan fingerprint density at radius 1 is 1.07 bits per heavy atom. The molecule has 1 saturated carbocycles. The molecule has 4 nitrogen and oxygen atoms in total. The Kier molecular flexibility index (Phi) is 5.89. The molecule has 0 bridgehead atoms. The monoisotopic (exact) mass is 408 g/mol. The van der Waals surface area contributed by atoms with Crippen molar-refractivity contribution in [3.8, 4) is 11.1 Å². The van der Waals surface area contributed by atoms with E-state index in [2.05, 4.69) is 5.32 Å². The van der Waals surface area contributed by atoms with Crippen LogP contribution in [0.25, 0.3) is 11.1 Å². The predicted octanol–water partition coefficient (Wildman–Crippen LogP) is 4.19. The number of nitrogens with one attached hydrogen (secondary N) is 1. The van der Waals surface area contributed by atoms with E-state index in [1.165, 1.54) is 6.07 Å². The fraction of sp³-hybridized carbons (Fsp3) is 0.440. The van der Waals surface area contributed by atoms with Crippen molar-refractivity contribution in [2.45, 2.75) is 39.0 Å². The summed E-state index contributed by atoms with van der Waals surface area (Å²) in [4.78, 5) is 27.4. The lowest BCUT2D eigenvalue weighted by molar-refractivity contribution is -0.141. The number of amides is 2. The van der Waals surface area contributed by atoms with Gasteiger partial charge in [-0.3, -0.25) is 9.59 Å². The molecule has 158 valence electrons. The van der Waals surface area contributed by atoms with Crippen molar-refractivity contribution >= 4 is 11.8 Å². The van der Waals surface area contributed by atoms with Crippen molar-refractivity contribution in [2.75, 3.05) is 19.6 Å². The Bertz CT molecular complexity index is 913. The molecule has 1 saturated heterocycles. The van der Waals surface area contributed by atoms with Crippen LogP contribution in [0.15, 0.2) is 48.5 Å². The van der Waals surface area contributed by atoms with Crippen LogP contribution in [0.1, 0.15) is 38.2 Å². The Hall–Kier alpha value is -2.69. The van der Waals surface area contributed by atoms with Crippen molar-refractivity contribution < 1.29 is 14.0 Å². The summed E-state index contributed by atoms with van der Waals surface area (Å²) in [5, 5.41) is 3.01. The van der Waals surface area contributed by atoms with E-state index in [9.17, 15) is 14.0 Å². The number of hydrogen-bond acceptors (Lipinski definition) is 2. The lowest BCUT2D eigenvalue weighted by atomic mass is 9.72. The first-order chi connectivity index (χ1) is 14.5. The molecule has 0 aromatic heterocycles. The minimum atomic E-state index is -0.504. The third-order valence-corrected chi connectivity index (χ3v) is 6.46. The summed E-state index contributed by atoms with van der Waals surface area (Å²) in [5.74, 6) is 0.306. The van der Waals surface area contributed by atoms with Gasteiger partial charge in [-0.25, -0.2) is 4.39 Å². The molecule has 2 aromatic carbocycles. The van der Waals surface area contributed by atoms with E-state index in [4.69, 9.17) is 0 Å². The standard InChI is InChI=1S/C25H29FN2O2/c1-2-27-24(30)25(13-15-28(16-14-25)23(29)20-11-12-20)17-18-7-9-19(10-8-18)21-5-3-4-6-22(21)26/h3-10,20H,2,11-17H2,1H3,(H,27,30). The highest BCUT2D eigenvalue weighted by Crippen LogP contribution is 2.38. The number of piperidine rings is 1. The van der Waals surface area contributed by atoms with Gasteiger partial charge in [-0.2, -0.15) is 0 Å². The maximum Gasteiger partial charge on any atom is 0.226 e. The highest BCUT2D eigenvalue weighted by atomic mass is 19.1. The van der Waals surface area contributed by atoms with Crippen LogP contribution in [0, 0.1) is 17.2 Å². The molecule has 2 aliphatic rings. The summed E-state index contributed by atoms with van der Waals surface area (Å²) in [6, 6.07) is 14.6. The molecule has 5 heteroatoms. The quantitative estimate of drug-likeness (QED) is 0.779. The summed E-state index contributed by atoms with van der Waals surface area (Å²) in [6.07, 6.45) is 3.98. The summed E-state index contributed by atoms with van der Waals surface area (Å²) in [6.45, 7) is 3.80. The predicted molar refractivity (Wildman–Crippen MR) is 115 cm³/mol. The first kappa shape index (κ1) is 20.6. The van der Waals surface area contributed by atoms with Gasteiger partial charge in [0.05, 0.1) is 5.41 Å². The molecule has 1 aliphatic heterocycles. The second-order valence-corrected chi connectivity index (χ2v) is 8.59. The summed E-state index contributed by atoms with van der Waals surface area (Å²) >= 11 is 0. The molecule has 4 rings (SSSR count). The fourth-order valence-corrected chi connectivity index (χ4v) is 4.46. The van der Waals surface area contributed by atoms with Gasteiger partial charge in [-0.05, 0) is 56.2 Å². The van der Waals surface area contributed by atoms with Gasteiger partial charge in [0.2, 0.25) is 11.8 Å². The van der Waals surface area contributed by atoms with Crippen LogP contribution in [-0.4, -0.2) is 36.3 Å². The first-order valence-corrected chi connectivity index (χ1v) is 10.9. The number of carbonyl (C=O) groups excluding carboxylic acids is 2. The second kappa shape index (κ2) is 8.58. The highest BCUT2D eigenvalue weighted by molar-refractivity contribution is 5.84. The second-order valence-electron chi connectivity index (χ2n) is 8.59. The number of rotatable bonds is 6. The van der Waals surface area contributed by atoms with Gasteiger partial charge in [-0.15, -0.1) is 0 Å². The Morgan fingerprint density at radius 2 is 1.73 bits per heavy atom. The molecule has 1 heterocycles. The van der Waals surface area contributed by atoms with Crippen LogP contribution in [0.3, 0.4) is 0 Å². The van der Waals surface area contributed by atoms with E-state index < -0.39 is 5.41 Å². The molecule has 0 radical (unpaired) electrons. The van der Waals surface area contributed by atoms with Crippen LogP contribution in [-0.2, 0) is 16.0 Å². The number of benzene rings is 2. The lowest BCUT2D eigenvalue weighted by Gasteiger charge is -2.41. The summed E-state index contributed by atoms with van der Waals surface area (Å²) in [7, 11) is 0. The molecule has 1 N–H and O–H groups in total. The van der Waals surface area contributed by atoms with Crippen LogP contribution in [0.5, 0.6) is 0 Å². The number of likely N-dealkylation sites (tertiary alicyclic amines) is 1. The Morgan fingerprint density at radius 3 is 2.33 bits per heavy atom. The van der Waals surface area contributed by atoms with Crippen LogP contribution >= 0.6 is 0 Å². The van der Waals surface area contributed by atoms with Gasteiger partial charge in [0, 0.05) is 31.1 Å². The molecule has 2 fully saturated rings. The summed E-state index contributed by atoms with van der Waals surface area (Å²) < 4.78 is 14.1. The molecular formula is C25H29FN2O2. The molecule has 2 aromatic rings. The SMILES string of the molecule is CCNC(=O)C1(Cc2ccc(-c3ccccc3F)cc2)CCN(C(=O)C2CC2)CC1. The minimum Gasteiger partial charge on any atom is -0.356 e. The number of carbonyl (C=O) groups is 2. The zero-order valence-corrected chi connectivity index (χ0v) is 17.5. The molecule has 1 aliphatic carbocycles. The smallest absolute Gasteiger partial charge is 0.226 e. The highest BCUT2D eigenvalue weighted by Gasteiger charge is 2.44. The van der Waals surface area contributed by atoms with Crippen LogP contribution in [0.2, 0.25) is 0 Å². The largest absolute Gasteiger partial charge is 0.356 e. The van der Waals surface area contributed by atoms with Crippen molar-refractivity contribution in [1.82, 2.24) is 10.2 Å². The minimum absolute atomic E-state index is 0.0710. The van der Waals surface area contributed by atoms with Crippen LogP contribution < -0.4 is 5.32 Å². The third kappa shape index (κ3) is 4.25. The lowest BCUT2D eigenvalue weighted by Crippen LogP contribution is -2.51. The summed E-state index contributed by atoms with van der Waals surface area (Å²) in [5.41, 5.74) is 1.96. The van der Waals surface area contributed by atoms with Crippen molar-refractivity contribution in [2.24, 2.45) is 11.3 Å². The Labute approximate surface area is 177 Å². The Balaban J connectivity index is 1.50. The van der Waals surface area contributed by atoms with E-state index in [0.29, 0.717) is 44.5 Å². The van der Waals surface area contributed by atoms with Gasteiger partial charge < -0.3 is 10.2 Å². The average Bonchev–Trinajstić information content (AvgIpc) is 3.60. The molecular weight excluding hydrogens is 379 g/mol. The number of hydrogen-bond donors (Lipinski definition) is 1. The van der Waals surface area contributed by atoms with E-state index >= 15 is 0 Å². The molecule has 0 atom stereocenters. The number of nitrogens with zero attached hydrogens (tertiary/aromatic N) is 1. The zero-order valence-electron chi connectivity index (χ0n) is 17.5. The third-order valence-electron chi connectivity index (χ3n) is 6.46. The van der Waals surface area contributed by atoms with E-state index in [1.807, 2.05) is 42.2 Å². The van der Waals surface area contributed by atoms with E-state index in [0.717, 1.165) is 24.0 Å². The van der Waals surface area contributed by atoms with Gasteiger partial charge in [-0.1, -0.05) is 42.5 Å². The van der Waals surface area contributed by atoms with Gasteiger partial charge in [0.15, 0.2) is 0 Å². The van der Waals surface area contributed by atoms with E-state index in [-0.39, 0.29) is 23.5 Å². The van der Waals surface area contributed by atoms with E-state index in [1.54, 1.807) is 12.1 Å². The zero-order chi connectivity index (χ0) is 21.1. The molecule has 30 heavy (non-hydrogen) atoms. The molecule has 2 amide bonds. The maximum absolute atomic E-state index is 14.1. The first-order valence-electron chi connectivity index (χ1n) is 10.9. The van der Waals surface area contributed by atoms with Gasteiger partial charge >= 0.3 is 0 Å². The molecule has 0 unspecified atom stereocenters. The van der Waals surface area contributed by atoms with Crippen molar-refractivity contribution in [1.29, 1.82) is 0 Å². The van der Waals surface area contributed by atoms with Crippen molar-refractivity contribution in [3.63, 3.8) is 0 Å². The average molecular weight is 409 g/mol. The number of halogens is 1. The maximum atomic E-state index is 14.1. The fourth-order valence-electron chi connectivity index (χ4n) is 4.46. The van der Waals surface area contributed by atoms with Crippen LogP contribution in [0.4, 0.5) is 4.39 Å². The van der Waals surface area contributed by atoms with Gasteiger partial charge in [0.25, 0.3) is 0 Å².